The quantitative estimate of drug-likeness (QED) is 0.540. The minimum absolute atomic E-state index is 0.212. The molecule has 0 aliphatic carbocycles. The molecule has 3 rings (SSSR count). The summed E-state index contributed by atoms with van der Waals surface area (Å²) in [6.07, 6.45) is 1.61. The van der Waals surface area contributed by atoms with Crippen LogP contribution < -0.4 is 10.1 Å². The largest absolute Gasteiger partial charge is 0.495 e. The Balaban J connectivity index is 1.91. The van der Waals surface area contributed by atoms with Gasteiger partial charge in [0, 0.05) is 10.0 Å². The maximum atomic E-state index is 12.6. The van der Waals surface area contributed by atoms with Gasteiger partial charge in [0.2, 0.25) is 0 Å². The van der Waals surface area contributed by atoms with E-state index < -0.39 is 6.03 Å². The van der Waals surface area contributed by atoms with Gasteiger partial charge in [0.25, 0.3) is 5.91 Å². The molecular formula is C18H14Br2N2O3. The number of nitrogens with zero attached hydrogens (tertiary/aromatic N) is 1. The van der Waals surface area contributed by atoms with E-state index >= 15 is 0 Å². The third kappa shape index (κ3) is 3.77. The van der Waals surface area contributed by atoms with E-state index in [1.807, 2.05) is 42.5 Å². The molecule has 0 aromatic heterocycles. The van der Waals surface area contributed by atoms with Crippen molar-refractivity contribution in [2.75, 3.05) is 7.11 Å². The predicted octanol–water partition coefficient (Wildman–Crippen LogP) is 4.31. The Morgan fingerprint density at radius 2 is 1.88 bits per heavy atom. The lowest BCUT2D eigenvalue weighted by Gasteiger charge is -2.11. The lowest BCUT2D eigenvalue weighted by molar-refractivity contribution is -0.123. The molecule has 0 radical (unpaired) electrons. The molecule has 1 saturated heterocycles. The second-order valence-electron chi connectivity index (χ2n) is 5.38. The molecule has 1 aliphatic rings. The highest BCUT2D eigenvalue weighted by atomic mass is 79.9. The summed E-state index contributed by atoms with van der Waals surface area (Å²) >= 11 is 6.83. The van der Waals surface area contributed by atoms with Gasteiger partial charge in [-0.2, -0.15) is 0 Å². The zero-order chi connectivity index (χ0) is 18.0. The number of benzene rings is 2. The zero-order valence-electron chi connectivity index (χ0n) is 13.3. The highest BCUT2D eigenvalue weighted by Gasteiger charge is 2.33. The molecule has 1 aliphatic heterocycles. The number of carbonyl (C=O) groups is 2. The van der Waals surface area contributed by atoms with Gasteiger partial charge in [-0.3, -0.25) is 9.69 Å². The fraction of sp³-hybridized carbons (Fsp3) is 0.111. The van der Waals surface area contributed by atoms with Crippen molar-refractivity contribution in [3.8, 4) is 5.75 Å². The van der Waals surface area contributed by atoms with E-state index in [0.29, 0.717) is 11.3 Å². The number of nitrogens with one attached hydrogen (secondary N) is 1. The number of amides is 3. The Morgan fingerprint density at radius 3 is 2.56 bits per heavy atom. The Hall–Kier alpha value is -2.12. The third-order valence-corrected chi connectivity index (χ3v) is 4.73. The summed E-state index contributed by atoms with van der Waals surface area (Å²) in [5.74, 6) is 0.214. The first-order chi connectivity index (χ1) is 12.0. The molecule has 1 heterocycles. The minimum atomic E-state index is -0.437. The van der Waals surface area contributed by atoms with E-state index in [0.717, 1.165) is 14.5 Å². The fourth-order valence-electron chi connectivity index (χ4n) is 2.54. The van der Waals surface area contributed by atoms with E-state index in [2.05, 4.69) is 37.2 Å². The average Bonchev–Trinajstić information content (AvgIpc) is 2.83. The monoisotopic (exact) mass is 464 g/mol. The molecule has 3 amide bonds. The molecule has 25 heavy (non-hydrogen) atoms. The van der Waals surface area contributed by atoms with Crippen LogP contribution in [0.4, 0.5) is 4.79 Å². The average molecular weight is 466 g/mol. The van der Waals surface area contributed by atoms with Crippen molar-refractivity contribution in [1.82, 2.24) is 10.2 Å². The molecule has 1 fully saturated rings. The fourth-order valence-corrected chi connectivity index (χ4v) is 3.96. The van der Waals surface area contributed by atoms with Gasteiger partial charge in [0.15, 0.2) is 0 Å². The van der Waals surface area contributed by atoms with Gasteiger partial charge < -0.3 is 10.1 Å². The molecule has 128 valence electrons. The van der Waals surface area contributed by atoms with Crippen LogP contribution in [0.15, 0.2) is 57.1 Å². The standard InChI is InChI=1S/C18H14Br2N2O3/c1-25-16-12(7-13(19)9-14(16)20)8-15-17(23)22(18(24)21-15)10-11-5-3-2-4-6-11/h2-9H,10H2,1H3,(H,21,24)/b15-8+. The topological polar surface area (TPSA) is 58.6 Å². The van der Waals surface area contributed by atoms with Crippen LogP contribution in [0.25, 0.3) is 6.08 Å². The smallest absolute Gasteiger partial charge is 0.329 e. The number of urea groups is 1. The zero-order valence-corrected chi connectivity index (χ0v) is 16.4. The van der Waals surface area contributed by atoms with Crippen molar-refractivity contribution in [2.45, 2.75) is 6.54 Å². The number of halogens is 2. The van der Waals surface area contributed by atoms with Crippen molar-refractivity contribution in [2.24, 2.45) is 0 Å². The van der Waals surface area contributed by atoms with E-state index in [1.165, 1.54) is 4.90 Å². The first-order valence-corrected chi connectivity index (χ1v) is 8.99. The molecule has 1 N–H and O–H groups in total. The molecular weight excluding hydrogens is 452 g/mol. The van der Waals surface area contributed by atoms with Gasteiger partial charge >= 0.3 is 6.03 Å². The van der Waals surface area contributed by atoms with Gasteiger partial charge in [-0.1, -0.05) is 46.3 Å². The molecule has 0 saturated carbocycles. The molecule has 0 atom stereocenters. The van der Waals surface area contributed by atoms with Crippen LogP contribution in [0, 0.1) is 0 Å². The van der Waals surface area contributed by atoms with Crippen LogP contribution in [0.5, 0.6) is 5.75 Å². The van der Waals surface area contributed by atoms with Gasteiger partial charge in [0.1, 0.15) is 11.4 Å². The predicted molar refractivity (Wildman–Crippen MR) is 102 cm³/mol. The summed E-state index contributed by atoms with van der Waals surface area (Å²) < 4.78 is 6.94. The van der Waals surface area contributed by atoms with Crippen LogP contribution in [-0.2, 0) is 11.3 Å². The first-order valence-electron chi connectivity index (χ1n) is 7.41. The normalized spacial score (nSPS) is 15.6. The van der Waals surface area contributed by atoms with E-state index in [4.69, 9.17) is 4.74 Å². The third-order valence-electron chi connectivity index (χ3n) is 3.69. The number of ether oxygens (including phenoxy) is 1. The van der Waals surface area contributed by atoms with Crippen LogP contribution in [0.2, 0.25) is 0 Å². The van der Waals surface area contributed by atoms with Crippen molar-refractivity contribution in [1.29, 1.82) is 0 Å². The minimum Gasteiger partial charge on any atom is -0.495 e. The van der Waals surface area contributed by atoms with E-state index in [1.54, 1.807) is 13.2 Å². The number of imide groups is 1. The van der Waals surface area contributed by atoms with Crippen LogP contribution in [0.3, 0.4) is 0 Å². The van der Waals surface area contributed by atoms with Crippen molar-refractivity contribution >= 4 is 49.9 Å². The van der Waals surface area contributed by atoms with E-state index in [-0.39, 0.29) is 18.1 Å². The maximum Gasteiger partial charge on any atom is 0.329 e. The second-order valence-corrected chi connectivity index (χ2v) is 7.15. The Labute approximate surface area is 161 Å². The van der Waals surface area contributed by atoms with Gasteiger partial charge in [-0.05, 0) is 39.7 Å². The number of methoxy groups -OCH3 is 1. The van der Waals surface area contributed by atoms with Gasteiger partial charge in [0.05, 0.1) is 18.1 Å². The summed E-state index contributed by atoms with van der Waals surface area (Å²) in [4.78, 5) is 26.0. The lowest BCUT2D eigenvalue weighted by atomic mass is 10.1. The maximum absolute atomic E-state index is 12.6. The summed E-state index contributed by atoms with van der Waals surface area (Å²) in [7, 11) is 1.55. The van der Waals surface area contributed by atoms with Crippen LogP contribution in [-0.4, -0.2) is 23.9 Å². The highest BCUT2D eigenvalue weighted by Crippen LogP contribution is 2.34. The van der Waals surface area contributed by atoms with Gasteiger partial charge in [-0.15, -0.1) is 0 Å². The van der Waals surface area contributed by atoms with Crippen molar-refractivity contribution in [3.05, 3.63) is 68.2 Å². The molecule has 2 aromatic rings. The summed E-state index contributed by atoms with van der Waals surface area (Å²) in [6.45, 7) is 0.224. The highest BCUT2D eigenvalue weighted by molar-refractivity contribution is 9.11. The number of carbonyl (C=O) groups excluding carboxylic acids is 2. The van der Waals surface area contributed by atoms with Crippen LogP contribution >= 0.6 is 31.9 Å². The molecule has 2 aromatic carbocycles. The molecule has 0 spiro atoms. The van der Waals surface area contributed by atoms with Crippen molar-refractivity contribution < 1.29 is 14.3 Å². The molecule has 5 nitrogen and oxygen atoms in total. The second kappa shape index (κ2) is 7.41. The summed E-state index contributed by atoms with van der Waals surface area (Å²) in [5.41, 5.74) is 1.77. The lowest BCUT2D eigenvalue weighted by Crippen LogP contribution is -2.30. The first kappa shape index (κ1) is 17.7. The van der Waals surface area contributed by atoms with Crippen molar-refractivity contribution in [3.63, 3.8) is 0 Å². The number of hydrogen-bond donors (Lipinski definition) is 1. The Morgan fingerprint density at radius 1 is 1.16 bits per heavy atom. The molecule has 0 unspecified atom stereocenters. The summed E-state index contributed by atoms with van der Waals surface area (Å²) in [5, 5.41) is 2.63. The number of hydrogen-bond acceptors (Lipinski definition) is 3. The molecule has 0 bridgehead atoms. The van der Waals surface area contributed by atoms with Gasteiger partial charge in [-0.25, -0.2) is 4.79 Å². The van der Waals surface area contributed by atoms with Crippen LogP contribution in [0.1, 0.15) is 11.1 Å². The SMILES string of the molecule is COc1c(Br)cc(Br)cc1/C=C1/NC(=O)N(Cc2ccccc2)C1=O. The Bertz CT molecular complexity index is 866. The van der Waals surface area contributed by atoms with E-state index in [9.17, 15) is 9.59 Å². The number of rotatable bonds is 4. The summed E-state index contributed by atoms with van der Waals surface area (Å²) in [6, 6.07) is 12.6. The molecule has 7 heteroatoms. The Kier molecular flexibility index (Phi) is 5.24.